The lowest BCUT2D eigenvalue weighted by molar-refractivity contribution is 0.536. The monoisotopic (exact) mass is 278 g/mol. The van der Waals surface area contributed by atoms with Crippen LogP contribution < -0.4 is 0 Å². The molecule has 5 heteroatoms. The molecule has 0 amide bonds. The van der Waals surface area contributed by atoms with Gasteiger partial charge < -0.3 is 0 Å². The molecule has 0 spiro atoms. The van der Waals surface area contributed by atoms with Crippen molar-refractivity contribution in [3.8, 4) is 0 Å². The highest BCUT2D eigenvalue weighted by Crippen LogP contribution is 2.27. The fraction of sp³-hybridized carbons (Fsp3) is 0.500. The number of benzene rings is 1. The van der Waals surface area contributed by atoms with Crippen molar-refractivity contribution in [2.45, 2.75) is 30.4 Å². The largest absolute Gasteiger partial charge is 0.229 e. The van der Waals surface area contributed by atoms with Crippen LogP contribution in [0, 0.1) is 5.82 Å². The highest BCUT2D eigenvalue weighted by atomic mass is 35.5. The first-order chi connectivity index (χ1) is 7.64. The maximum atomic E-state index is 12.7. The lowest BCUT2D eigenvalue weighted by Crippen LogP contribution is -2.41. The predicted molar refractivity (Wildman–Crippen MR) is 68.7 cm³/mol. The van der Waals surface area contributed by atoms with Gasteiger partial charge >= 0.3 is 0 Å². The van der Waals surface area contributed by atoms with E-state index in [0.717, 1.165) is 5.56 Å². The summed E-state index contributed by atoms with van der Waals surface area (Å²) in [6.07, 6.45) is 1.56. The van der Waals surface area contributed by atoms with Gasteiger partial charge in [0.2, 0.25) is 0 Å². The molecule has 2 nitrogen and oxygen atoms in total. The van der Waals surface area contributed by atoms with E-state index in [2.05, 4.69) is 0 Å². The maximum absolute atomic E-state index is 12.7. The zero-order valence-electron chi connectivity index (χ0n) is 10.1. The van der Waals surface area contributed by atoms with E-state index in [-0.39, 0.29) is 5.82 Å². The van der Waals surface area contributed by atoms with Crippen LogP contribution >= 0.6 is 11.6 Å². The Bertz CT molecular complexity index is 480. The van der Waals surface area contributed by atoms with Crippen molar-refractivity contribution in [1.29, 1.82) is 0 Å². The molecular weight excluding hydrogens is 263 g/mol. The number of alkyl halides is 1. The fourth-order valence-corrected chi connectivity index (χ4v) is 2.52. The second-order valence-corrected chi connectivity index (χ2v) is 7.80. The molecule has 0 aromatic heterocycles. The topological polar surface area (TPSA) is 34.1 Å². The lowest BCUT2D eigenvalue weighted by Gasteiger charge is -2.28. The fourth-order valence-electron chi connectivity index (χ4n) is 1.31. The van der Waals surface area contributed by atoms with E-state index in [1.54, 1.807) is 26.0 Å². The van der Waals surface area contributed by atoms with Crippen molar-refractivity contribution in [2.75, 3.05) is 6.26 Å². The van der Waals surface area contributed by atoms with Crippen molar-refractivity contribution < 1.29 is 12.8 Å². The first kappa shape index (κ1) is 14.5. The summed E-state index contributed by atoms with van der Waals surface area (Å²) in [6, 6.07) is 5.91. The Kier molecular flexibility index (Phi) is 4.20. The Morgan fingerprint density at radius 3 is 2.18 bits per heavy atom. The quantitative estimate of drug-likeness (QED) is 0.794. The second kappa shape index (κ2) is 4.94. The Labute approximate surface area is 107 Å². The lowest BCUT2D eigenvalue weighted by atomic mass is 10.0. The van der Waals surface area contributed by atoms with Crippen LogP contribution in [0.15, 0.2) is 24.3 Å². The summed E-state index contributed by atoms with van der Waals surface area (Å²) in [4.78, 5) is 0. The molecule has 0 bridgehead atoms. The molecule has 0 saturated carbocycles. The number of sulfone groups is 1. The molecule has 0 fully saturated rings. The molecular formula is C12H16ClFO2S. The summed E-state index contributed by atoms with van der Waals surface area (Å²) < 4.78 is 34.9. The highest BCUT2D eigenvalue weighted by Gasteiger charge is 2.37. The number of hydrogen-bond donors (Lipinski definition) is 0. The minimum atomic E-state index is -3.24. The van der Waals surface area contributed by atoms with E-state index in [1.165, 1.54) is 18.4 Å². The molecule has 0 radical (unpaired) electrons. The Hall–Kier alpha value is -0.610. The average molecular weight is 279 g/mol. The average Bonchev–Trinajstić information content (AvgIpc) is 2.19. The van der Waals surface area contributed by atoms with Gasteiger partial charge in [-0.05, 0) is 38.0 Å². The minimum Gasteiger partial charge on any atom is -0.229 e. The molecule has 0 aliphatic heterocycles. The predicted octanol–water partition coefficient (Wildman–Crippen LogP) is 2.80. The van der Waals surface area contributed by atoms with Gasteiger partial charge in [-0.25, -0.2) is 12.8 Å². The smallest absolute Gasteiger partial charge is 0.154 e. The second-order valence-electron chi connectivity index (χ2n) is 4.67. The molecule has 1 aromatic rings. The molecule has 0 aliphatic rings. The van der Waals surface area contributed by atoms with Gasteiger partial charge in [-0.1, -0.05) is 12.1 Å². The van der Waals surface area contributed by atoms with Crippen LogP contribution in [0.3, 0.4) is 0 Å². The molecule has 0 heterocycles. The normalized spacial score (nSPS) is 14.6. The minimum absolute atomic E-state index is 0.317. The van der Waals surface area contributed by atoms with Crippen LogP contribution in [0.2, 0.25) is 0 Å². The van der Waals surface area contributed by atoms with Crippen molar-refractivity contribution in [2.24, 2.45) is 0 Å². The van der Waals surface area contributed by atoms with Gasteiger partial charge in [-0.2, -0.15) is 0 Å². The number of halogens is 2. The third kappa shape index (κ3) is 3.42. The standard InChI is InChI=1S/C12H16ClFO2S/c1-12(2,17(3,15)16)11(13)8-9-4-6-10(14)7-5-9/h4-7,11H,8H2,1-3H3. The van der Waals surface area contributed by atoms with Crippen molar-refractivity contribution >= 4 is 21.4 Å². The van der Waals surface area contributed by atoms with E-state index in [0.29, 0.717) is 6.42 Å². The van der Waals surface area contributed by atoms with E-state index < -0.39 is 20.0 Å². The van der Waals surface area contributed by atoms with E-state index in [1.807, 2.05) is 0 Å². The van der Waals surface area contributed by atoms with Crippen LogP contribution in [0.25, 0.3) is 0 Å². The zero-order chi connectivity index (χ0) is 13.3. The first-order valence-corrected chi connectivity index (χ1v) is 7.55. The van der Waals surface area contributed by atoms with Crippen LogP contribution in [-0.4, -0.2) is 24.8 Å². The molecule has 0 saturated heterocycles. The van der Waals surface area contributed by atoms with Crippen LogP contribution in [0.5, 0.6) is 0 Å². The van der Waals surface area contributed by atoms with Crippen molar-refractivity contribution in [3.63, 3.8) is 0 Å². The van der Waals surface area contributed by atoms with Gasteiger partial charge in [0.05, 0.1) is 10.1 Å². The molecule has 0 N–H and O–H groups in total. The molecule has 1 unspecified atom stereocenters. The Balaban J connectivity index is 2.86. The molecule has 17 heavy (non-hydrogen) atoms. The van der Waals surface area contributed by atoms with Gasteiger partial charge in [-0.15, -0.1) is 11.6 Å². The third-order valence-corrected chi connectivity index (χ3v) is 6.06. The van der Waals surface area contributed by atoms with Gasteiger partial charge in [0, 0.05) is 6.26 Å². The van der Waals surface area contributed by atoms with Gasteiger partial charge in [0.1, 0.15) is 5.82 Å². The SMILES string of the molecule is CC(C)(C(Cl)Cc1ccc(F)cc1)S(C)(=O)=O. The summed E-state index contributed by atoms with van der Waals surface area (Å²) in [7, 11) is -3.24. The molecule has 1 atom stereocenters. The Morgan fingerprint density at radius 1 is 1.29 bits per heavy atom. The van der Waals surface area contributed by atoms with Gasteiger partial charge in [0.25, 0.3) is 0 Å². The number of hydrogen-bond acceptors (Lipinski definition) is 2. The van der Waals surface area contributed by atoms with E-state index >= 15 is 0 Å². The van der Waals surface area contributed by atoms with Gasteiger partial charge in [-0.3, -0.25) is 0 Å². The van der Waals surface area contributed by atoms with Gasteiger partial charge in [0.15, 0.2) is 9.84 Å². The van der Waals surface area contributed by atoms with Crippen LogP contribution in [0.4, 0.5) is 4.39 Å². The zero-order valence-corrected chi connectivity index (χ0v) is 11.6. The first-order valence-electron chi connectivity index (χ1n) is 5.22. The van der Waals surface area contributed by atoms with Crippen molar-refractivity contribution in [1.82, 2.24) is 0 Å². The molecule has 1 rings (SSSR count). The number of rotatable bonds is 4. The summed E-state index contributed by atoms with van der Waals surface area (Å²) in [5, 5.41) is -0.553. The molecule has 96 valence electrons. The summed E-state index contributed by atoms with van der Waals surface area (Å²) >= 11 is 6.16. The van der Waals surface area contributed by atoms with Crippen molar-refractivity contribution in [3.05, 3.63) is 35.6 Å². The Morgan fingerprint density at radius 2 is 1.76 bits per heavy atom. The molecule has 1 aromatic carbocycles. The molecule has 0 aliphatic carbocycles. The summed E-state index contributed by atoms with van der Waals surface area (Å²) in [5.74, 6) is -0.317. The van der Waals surface area contributed by atoms with Crippen LogP contribution in [0.1, 0.15) is 19.4 Å². The maximum Gasteiger partial charge on any atom is 0.154 e. The third-order valence-electron chi connectivity index (χ3n) is 3.04. The van der Waals surface area contributed by atoms with E-state index in [9.17, 15) is 12.8 Å². The van der Waals surface area contributed by atoms with Crippen LogP contribution in [-0.2, 0) is 16.3 Å². The summed E-state index contributed by atoms with van der Waals surface area (Å²) in [5.41, 5.74) is 0.822. The van der Waals surface area contributed by atoms with E-state index in [4.69, 9.17) is 11.6 Å². The highest BCUT2D eigenvalue weighted by molar-refractivity contribution is 7.92. The summed E-state index contributed by atoms with van der Waals surface area (Å²) in [6.45, 7) is 3.20.